The predicted octanol–water partition coefficient (Wildman–Crippen LogP) is 2.47. The zero-order valence-electron chi connectivity index (χ0n) is 10.3. The molecule has 3 heteroatoms. The molecule has 0 fully saturated rings. The van der Waals surface area contributed by atoms with Gasteiger partial charge in [0.05, 0.1) is 5.69 Å². The van der Waals surface area contributed by atoms with Crippen LogP contribution in [-0.4, -0.2) is 9.97 Å². The third kappa shape index (κ3) is 2.68. The summed E-state index contributed by atoms with van der Waals surface area (Å²) in [6.07, 6.45) is 0.857. The second-order valence-corrected chi connectivity index (χ2v) is 4.07. The first-order valence-corrected chi connectivity index (χ1v) is 5.87. The summed E-state index contributed by atoms with van der Waals surface area (Å²) in [6, 6.07) is 10.2. The van der Waals surface area contributed by atoms with Gasteiger partial charge in [0.15, 0.2) is 0 Å². The van der Waals surface area contributed by atoms with Crippen LogP contribution in [0.25, 0.3) is 11.3 Å². The quantitative estimate of drug-likeness (QED) is 0.876. The normalized spacial score (nSPS) is 10.5. The number of nitrogens with zero attached hydrogens (tertiary/aromatic N) is 2. The van der Waals surface area contributed by atoms with Gasteiger partial charge in [-0.25, -0.2) is 9.97 Å². The number of aromatic nitrogens is 2. The summed E-state index contributed by atoms with van der Waals surface area (Å²) in [5, 5.41) is 0. The molecule has 88 valence electrons. The third-order valence-electron chi connectivity index (χ3n) is 2.70. The molecule has 0 amide bonds. The summed E-state index contributed by atoms with van der Waals surface area (Å²) in [6.45, 7) is 4.64. The van der Waals surface area contributed by atoms with Crippen molar-refractivity contribution < 1.29 is 0 Å². The first kappa shape index (κ1) is 11.7. The minimum Gasteiger partial charge on any atom is -0.326 e. The Morgan fingerprint density at radius 3 is 2.41 bits per heavy atom. The zero-order chi connectivity index (χ0) is 12.3. The van der Waals surface area contributed by atoms with Crippen LogP contribution in [0.4, 0.5) is 0 Å². The molecule has 0 aliphatic rings. The van der Waals surface area contributed by atoms with Crippen LogP contribution in [0.2, 0.25) is 0 Å². The fourth-order valence-electron chi connectivity index (χ4n) is 1.75. The Bertz CT molecular complexity index is 503. The monoisotopic (exact) mass is 227 g/mol. The smallest absolute Gasteiger partial charge is 0.128 e. The Kier molecular flexibility index (Phi) is 3.49. The Hall–Kier alpha value is -1.74. The van der Waals surface area contributed by atoms with Crippen LogP contribution in [0, 0.1) is 6.92 Å². The highest BCUT2D eigenvalue weighted by Gasteiger charge is 2.03. The minimum atomic E-state index is 0.573. The van der Waals surface area contributed by atoms with Gasteiger partial charge in [-0.3, -0.25) is 0 Å². The van der Waals surface area contributed by atoms with Gasteiger partial charge in [0.1, 0.15) is 5.82 Å². The van der Waals surface area contributed by atoms with E-state index in [0.717, 1.165) is 34.8 Å². The molecule has 0 bridgehead atoms. The average molecular weight is 227 g/mol. The molecule has 1 heterocycles. The van der Waals surface area contributed by atoms with E-state index in [1.807, 2.05) is 25.1 Å². The van der Waals surface area contributed by atoms with Crippen LogP contribution in [0.3, 0.4) is 0 Å². The van der Waals surface area contributed by atoms with E-state index < -0.39 is 0 Å². The molecule has 2 aromatic rings. The number of hydrogen-bond donors (Lipinski definition) is 1. The summed E-state index contributed by atoms with van der Waals surface area (Å²) >= 11 is 0. The van der Waals surface area contributed by atoms with Gasteiger partial charge in [-0.05, 0) is 18.6 Å². The van der Waals surface area contributed by atoms with Crippen molar-refractivity contribution in [1.29, 1.82) is 0 Å². The lowest BCUT2D eigenvalue weighted by Crippen LogP contribution is -1.98. The average Bonchev–Trinajstić information content (AvgIpc) is 2.38. The van der Waals surface area contributed by atoms with Crippen molar-refractivity contribution in [2.24, 2.45) is 5.73 Å². The maximum Gasteiger partial charge on any atom is 0.128 e. The van der Waals surface area contributed by atoms with Crippen LogP contribution >= 0.6 is 0 Å². The van der Waals surface area contributed by atoms with Gasteiger partial charge < -0.3 is 5.73 Å². The highest BCUT2D eigenvalue weighted by atomic mass is 14.9. The van der Waals surface area contributed by atoms with Gasteiger partial charge >= 0.3 is 0 Å². The molecule has 0 aliphatic heterocycles. The molecule has 0 unspecified atom stereocenters. The maximum absolute atomic E-state index is 5.58. The molecule has 17 heavy (non-hydrogen) atoms. The van der Waals surface area contributed by atoms with Crippen molar-refractivity contribution in [3.8, 4) is 11.3 Å². The van der Waals surface area contributed by atoms with E-state index in [1.54, 1.807) is 0 Å². The van der Waals surface area contributed by atoms with Gasteiger partial charge in [-0.15, -0.1) is 0 Å². The molecule has 0 saturated carbocycles. The van der Waals surface area contributed by atoms with Crippen LogP contribution in [-0.2, 0) is 13.0 Å². The Morgan fingerprint density at radius 1 is 1.12 bits per heavy atom. The van der Waals surface area contributed by atoms with Crippen molar-refractivity contribution in [3.63, 3.8) is 0 Å². The van der Waals surface area contributed by atoms with Crippen molar-refractivity contribution >= 4 is 0 Å². The maximum atomic E-state index is 5.58. The number of nitrogens with two attached hydrogens (primary N) is 1. The van der Waals surface area contributed by atoms with Crippen molar-refractivity contribution in [2.75, 3.05) is 0 Å². The van der Waals surface area contributed by atoms with E-state index in [9.17, 15) is 0 Å². The Morgan fingerprint density at radius 2 is 1.82 bits per heavy atom. The largest absolute Gasteiger partial charge is 0.326 e. The van der Waals surface area contributed by atoms with E-state index in [0.29, 0.717) is 6.54 Å². The summed E-state index contributed by atoms with van der Waals surface area (Å²) in [7, 11) is 0. The topological polar surface area (TPSA) is 51.8 Å². The second kappa shape index (κ2) is 5.06. The number of hydrogen-bond acceptors (Lipinski definition) is 3. The molecule has 0 saturated heterocycles. The summed E-state index contributed by atoms with van der Waals surface area (Å²) in [4.78, 5) is 8.92. The minimum absolute atomic E-state index is 0.573. The lowest BCUT2D eigenvalue weighted by Gasteiger charge is -2.05. The third-order valence-corrected chi connectivity index (χ3v) is 2.70. The number of aryl methyl sites for hydroxylation is 2. The fraction of sp³-hybridized carbons (Fsp3) is 0.286. The van der Waals surface area contributed by atoms with Gasteiger partial charge in [0.2, 0.25) is 0 Å². The summed E-state index contributed by atoms with van der Waals surface area (Å²) < 4.78 is 0. The lowest BCUT2D eigenvalue weighted by molar-refractivity contribution is 0.921. The lowest BCUT2D eigenvalue weighted by atomic mass is 10.1. The Balaban J connectivity index is 2.41. The van der Waals surface area contributed by atoms with E-state index >= 15 is 0 Å². The highest BCUT2D eigenvalue weighted by Crippen LogP contribution is 2.18. The molecule has 1 aromatic heterocycles. The molecule has 0 spiro atoms. The molecule has 2 rings (SSSR count). The molecule has 2 N–H and O–H groups in total. The number of benzene rings is 1. The Labute approximate surface area is 102 Å². The molecular weight excluding hydrogens is 210 g/mol. The zero-order valence-corrected chi connectivity index (χ0v) is 10.3. The molecule has 0 radical (unpaired) electrons. The van der Waals surface area contributed by atoms with Crippen LogP contribution in [0.1, 0.15) is 24.0 Å². The predicted molar refractivity (Wildman–Crippen MR) is 69.5 cm³/mol. The highest BCUT2D eigenvalue weighted by molar-refractivity contribution is 5.59. The van der Waals surface area contributed by atoms with Gasteiger partial charge in [0.25, 0.3) is 0 Å². The molecule has 0 atom stereocenters. The molecule has 3 nitrogen and oxygen atoms in total. The van der Waals surface area contributed by atoms with Gasteiger partial charge in [-0.2, -0.15) is 0 Å². The molecular formula is C14H17N3. The summed E-state index contributed by atoms with van der Waals surface area (Å²) in [5.41, 5.74) is 9.82. The molecule has 1 aromatic carbocycles. The van der Waals surface area contributed by atoms with E-state index in [2.05, 4.69) is 29.0 Å². The molecule has 0 aliphatic carbocycles. The van der Waals surface area contributed by atoms with E-state index in [4.69, 9.17) is 5.73 Å². The van der Waals surface area contributed by atoms with Gasteiger partial charge in [0, 0.05) is 24.2 Å². The van der Waals surface area contributed by atoms with Crippen molar-refractivity contribution in [1.82, 2.24) is 9.97 Å². The summed E-state index contributed by atoms with van der Waals surface area (Å²) in [5.74, 6) is 0.892. The standard InChI is InChI=1S/C14H17N3/c1-3-14-16-10(2)8-13(17-14)12-6-4-11(9-15)5-7-12/h4-8H,3,9,15H2,1-2H3. The van der Waals surface area contributed by atoms with E-state index in [1.165, 1.54) is 0 Å². The fourth-order valence-corrected chi connectivity index (χ4v) is 1.75. The van der Waals surface area contributed by atoms with Crippen molar-refractivity contribution in [2.45, 2.75) is 26.8 Å². The second-order valence-electron chi connectivity index (χ2n) is 4.07. The van der Waals surface area contributed by atoms with Crippen molar-refractivity contribution in [3.05, 3.63) is 47.4 Å². The van der Waals surface area contributed by atoms with Crippen LogP contribution < -0.4 is 5.73 Å². The first-order chi connectivity index (χ1) is 8.22. The van der Waals surface area contributed by atoms with Crippen LogP contribution in [0.5, 0.6) is 0 Å². The SMILES string of the molecule is CCc1nc(C)cc(-c2ccc(CN)cc2)n1. The number of rotatable bonds is 3. The van der Waals surface area contributed by atoms with Crippen LogP contribution in [0.15, 0.2) is 30.3 Å². The van der Waals surface area contributed by atoms with Gasteiger partial charge in [-0.1, -0.05) is 31.2 Å². The first-order valence-electron chi connectivity index (χ1n) is 5.87. The van der Waals surface area contributed by atoms with E-state index in [-0.39, 0.29) is 0 Å².